The molecule has 1 rings (SSSR count). The molecule has 1 aromatic heterocycles. The molecule has 3 N–H and O–H groups in total. The van der Waals surface area contributed by atoms with Crippen molar-refractivity contribution in [2.45, 2.75) is 25.3 Å². The molecule has 0 bridgehead atoms. The zero-order chi connectivity index (χ0) is 10.6. The summed E-state index contributed by atoms with van der Waals surface area (Å²) in [7, 11) is 1.85. The van der Waals surface area contributed by atoms with Gasteiger partial charge in [-0.25, -0.2) is 0 Å². The molecular formula is C9H15N3O2. The average molecular weight is 197 g/mol. The fraction of sp³-hybridized carbons (Fsp3) is 0.556. The third-order valence-electron chi connectivity index (χ3n) is 2.12. The van der Waals surface area contributed by atoms with Crippen LogP contribution in [0.4, 0.5) is 0 Å². The Morgan fingerprint density at radius 3 is 3.00 bits per heavy atom. The van der Waals surface area contributed by atoms with Crippen molar-refractivity contribution in [1.29, 1.82) is 0 Å². The first kappa shape index (κ1) is 10.7. The molecule has 0 saturated carbocycles. The van der Waals surface area contributed by atoms with Gasteiger partial charge in [-0.1, -0.05) is 0 Å². The van der Waals surface area contributed by atoms with E-state index in [1.807, 2.05) is 13.1 Å². The van der Waals surface area contributed by atoms with Gasteiger partial charge in [-0.2, -0.15) is 5.10 Å². The molecule has 5 heteroatoms. The number of nitrogens with two attached hydrogens (primary N) is 1. The predicted molar refractivity (Wildman–Crippen MR) is 51.8 cm³/mol. The van der Waals surface area contributed by atoms with Crippen LogP contribution < -0.4 is 5.73 Å². The molecule has 78 valence electrons. The zero-order valence-corrected chi connectivity index (χ0v) is 8.18. The average Bonchev–Trinajstić information content (AvgIpc) is 2.49. The number of hydrogen-bond donors (Lipinski definition) is 2. The minimum atomic E-state index is -0.801. The second-order valence-electron chi connectivity index (χ2n) is 3.34. The number of aliphatic carboxylic acids is 1. The maximum Gasteiger partial charge on any atom is 0.303 e. The van der Waals surface area contributed by atoms with E-state index in [1.54, 1.807) is 10.9 Å². The van der Waals surface area contributed by atoms with E-state index >= 15 is 0 Å². The Hall–Kier alpha value is -1.36. The highest BCUT2D eigenvalue weighted by atomic mass is 16.4. The summed E-state index contributed by atoms with van der Waals surface area (Å²) in [4.78, 5) is 10.3. The van der Waals surface area contributed by atoms with E-state index < -0.39 is 5.97 Å². The van der Waals surface area contributed by atoms with Gasteiger partial charge in [-0.05, 0) is 12.5 Å². The molecule has 0 aliphatic carbocycles. The van der Waals surface area contributed by atoms with E-state index in [1.165, 1.54) is 0 Å². The Bertz CT molecular complexity index is 309. The van der Waals surface area contributed by atoms with Crippen molar-refractivity contribution >= 4 is 5.97 Å². The number of aromatic nitrogens is 2. The molecule has 0 aliphatic heterocycles. The van der Waals surface area contributed by atoms with Gasteiger partial charge in [0, 0.05) is 37.8 Å². The van der Waals surface area contributed by atoms with Crippen LogP contribution in [-0.4, -0.2) is 26.9 Å². The maximum atomic E-state index is 10.3. The molecule has 0 saturated heterocycles. The van der Waals surface area contributed by atoms with Crippen molar-refractivity contribution in [2.75, 3.05) is 0 Å². The number of nitrogens with zero attached hydrogens (tertiary/aromatic N) is 2. The van der Waals surface area contributed by atoms with E-state index in [4.69, 9.17) is 10.8 Å². The fourth-order valence-electron chi connectivity index (χ4n) is 1.28. The van der Waals surface area contributed by atoms with Crippen molar-refractivity contribution in [3.63, 3.8) is 0 Å². The van der Waals surface area contributed by atoms with Gasteiger partial charge in [-0.3, -0.25) is 9.48 Å². The Balaban J connectivity index is 2.37. The first-order valence-corrected chi connectivity index (χ1v) is 4.54. The number of carboxylic acids is 1. The molecule has 1 heterocycles. The summed E-state index contributed by atoms with van der Waals surface area (Å²) in [5.41, 5.74) is 6.81. The highest BCUT2D eigenvalue weighted by molar-refractivity contribution is 5.66. The normalized spacial score (nSPS) is 12.7. The van der Waals surface area contributed by atoms with Crippen molar-refractivity contribution in [2.24, 2.45) is 12.8 Å². The van der Waals surface area contributed by atoms with Crippen molar-refractivity contribution in [1.82, 2.24) is 9.78 Å². The van der Waals surface area contributed by atoms with Crippen LogP contribution in [0.1, 0.15) is 18.5 Å². The lowest BCUT2D eigenvalue weighted by atomic mass is 10.1. The van der Waals surface area contributed by atoms with Crippen LogP contribution in [0.3, 0.4) is 0 Å². The molecule has 0 spiro atoms. The lowest BCUT2D eigenvalue weighted by Crippen LogP contribution is -2.24. The first-order chi connectivity index (χ1) is 6.59. The molecule has 14 heavy (non-hydrogen) atoms. The summed E-state index contributed by atoms with van der Waals surface area (Å²) < 4.78 is 1.75. The number of aryl methyl sites for hydroxylation is 1. The zero-order valence-electron chi connectivity index (χ0n) is 8.18. The molecule has 1 atom stereocenters. The van der Waals surface area contributed by atoms with Gasteiger partial charge in [0.25, 0.3) is 0 Å². The second kappa shape index (κ2) is 4.76. The highest BCUT2D eigenvalue weighted by Crippen LogP contribution is 2.04. The molecule has 0 amide bonds. The smallest absolute Gasteiger partial charge is 0.303 e. The lowest BCUT2D eigenvalue weighted by molar-refractivity contribution is -0.137. The molecule has 5 nitrogen and oxygen atoms in total. The minimum absolute atomic E-state index is 0.110. The summed E-state index contributed by atoms with van der Waals surface area (Å²) in [6.45, 7) is 0. The third-order valence-corrected chi connectivity index (χ3v) is 2.12. The van der Waals surface area contributed by atoms with Crippen LogP contribution in [0.25, 0.3) is 0 Å². The topological polar surface area (TPSA) is 81.1 Å². The highest BCUT2D eigenvalue weighted by Gasteiger charge is 2.08. The molecule has 0 radical (unpaired) electrons. The monoisotopic (exact) mass is 197 g/mol. The molecular weight excluding hydrogens is 182 g/mol. The van der Waals surface area contributed by atoms with Crippen LogP contribution in [0.15, 0.2) is 12.3 Å². The Morgan fingerprint density at radius 2 is 2.50 bits per heavy atom. The van der Waals surface area contributed by atoms with E-state index in [0.29, 0.717) is 12.8 Å². The standard InChI is InChI=1S/C9H15N3O2/c1-12-8(4-5-11-12)6-7(10)2-3-9(13)14/h4-5,7H,2-3,6,10H2,1H3,(H,13,14). The van der Waals surface area contributed by atoms with Gasteiger partial charge in [0.2, 0.25) is 0 Å². The predicted octanol–water partition coefficient (Wildman–Crippen LogP) is 0.155. The molecule has 0 fully saturated rings. The van der Waals surface area contributed by atoms with Crippen LogP contribution in [0.2, 0.25) is 0 Å². The fourth-order valence-corrected chi connectivity index (χ4v) is 1.28. The second-order valence-corrected chi connectivity index (χ2v) is 3.34. The quantitative estimate of drug-likeness (QED) is 0.704. The maximum absolute atomic E-state index is 10.3. The van der Waals surface area contributed by atoms with Crippen molar-refractivity contribution in [3.8, 4) is 0 Å². The van der Waals surface area contributed by atoms with Gasteiger partial charge in [0.15, 0.2) is 0 Å². The van der Waals surface area contributed by atoms with Gasteiger partial charge in [-0.15, -0.1) is 0 Å². The molecule has 0 aliphatic rings. The SMILES string of the molecule is Cn1nccc1CC(N)CCC(=O)O. The first-order valence-electron chi connectivity index (χ1n) is 4.54. The number of carbonyl (C=O) groups is 1. The van der Waals surface area contributed by atoms with E-state index in [9.17, 15) is 4.79 Å². The Kier molecular flexibility index (Phi) is 3.64. The van der Waals surface area contributed by atoms with Crippen LogP contribution in [-0.2, 0) is 18.3 Å². The summed E-state index contributed by atoms with van der Waals surface area (Å²) >= 11 is 0. The van der Waals surface area contributed by atoms with Gasteiger partial charge in [0.1, 0.15) is 0 Å². The minimum Gasteiger partial charge on any atom is -0.481 e. The Labute approximate surface area is 82.5 Å². The van der Waals surface area contributed by atoms with Crippen molar-refractivity contribution in [3.05, 3.63) is 18.0 Å². The summed E-state index contributed by atoms with van der Waals surface area (Å²) in [5, 5.41) is 12.5. The summed E-state index contributed by atoms with van der Waals surface area (Å²) in [6.07, 6.45) is 3.00. The molecule has 1 unspecified atom stereocenters. The van der Waals surface area contributed by atoms with Crippen LogP contribution >= 0.6 is 0 Å². The van der Waals surface area contributed by atoms with Crippen LogP contribution in [0.5, 0.6) is 0 Å². The van der Waals surface area contributed by atoms with Crippen molar-refractivity contribution < 1.29 is 9.90 Å². The lowest BCUT2D eigenvalue weighted by Gasteiger charge is -2.09. The number of rotatable bonds is 5. The van der Waals surface area contributed by atoms with Gasteiger partial charge in [0.05, 0.1) is 0 Å². The van der Waals surface area contributed by atoms with E-state index in [-0.39, 0.29) is 12.5 Å². The van der Waals surface area contributed by atoms with E-state index in [2.05, 4.69) is 5.10 Å². The third kappa shape index (κ3) is 3.18. The summed E-state index contributed by atoms with van der Waals surface area (Å²) in [6, 6.07) is 1.78. The number of hydrogen-bond acceptors (Lipinski definition) is 3. The summed E-state index contributed by atoms with van der Waals surface area (Å²) in [5.74, 6) is -0.801. The van der Waals surface area contributed by atoms with Gasteiger partial charge >= 0.3 is 5.97 Å². The Morgan fingerprint density at radius 1 is 1.79 bits per heavy atom. The van der Waals surface area contributed by atoms with Crippen LogP contribution in [0, 0.1) is 0 Å². The molecule has 0 aromatic carbocycles. The number of carboxylic acid groups (broad SMARTS) is 1. The van der Waals surface area contributed by atoms with E-state index in [0.717, 1.165) is 5.69 Å². The molecule has 1 aromatic rings. The largest absolute Gasteiger partial charge is 0.481 e. The van der Waals surface area contributed by atoms with Gasteiger partial charge < -0.3 is 10.8 Å².